The molecule has 9 rings (SSSR count). The number of hydrogen-bond acceptors (Lipinski definition) is 2. The van der Waals surface area contributed by atoms with Crippen molar-refractivity contribution in [2.45, 2.75) is 0 Å². The van der Waals surface area contributed by atoms with Gasteiger partial charge in [-0.15, -0.1) is 0 Å². The lowest BCUT2D eigenvalue weighted by molar-refractivity contribution is 1.18. The van der Waals surface area contributed by atoms with E-state index in [-0.39, 0.29) is 0 Å². The van der Waals surface area contributed by atoms with Crippen LogP contribution in [0.25, 0.3) is 88.1 Å². The molecule has 9 aromatic rings. The first kappa shape index (κ1) is 26.3. The highest BCUT2D eigenvalue weighted by atomic mass is 14.9. The third-order valence-corrected chi connectivity index (χ3v) is 9.06. The second-order valence-electron chi connectivity index (χ2n) is 11.8. The third-order valence-electron chi connectivity index (χ3n) is 9.06. The van der Waals surface area contributed by atoms with Crippen molar-refractivity contribution in [3.63, 3.8) is 0 Å². The van der Waals surface area contributed by atoms with Gasteiger partial charge in [-0.3, -0.25) is 0 Å². The second kappa shape index (κ2) is 10.8. The van der Waals surface area contributed by atoms with Crippen molar-refractivity contribution in [2.24, 2.45) is 0 Å². The molecule has 0 aliphatic rings. The first-order chi connectivity index (χ1) is 22.8. The van der Waals surface area contributed by atoms with Crippen molar-refractivity contribution >= 4 is 43.1 Å². The highest BCUT2D eigenvalue weighted by molar-refractivity contribution is 6.20. The van der Waals surface area contributed by atoms with Crippen LogP contribution in [-0.4, -0.2) is 9.97 Å². The first-order valence-corrected chi connectivity index (χ1v) is 15.7. The molecule has 0 N–H and O–H groups in total. The summed E-state index contributed by atoms with van der Waals surface area (Å²) in [6, 6.07) is 60.4. The van der Waals surface area contributed by atoms with E-state index in [0.29, 0.717) is 0 Å². The molecule has 2 heteroatoms. The van der Waals surface area contributed by atoms with E-state index in [0.717, 1.165) is 33.9 Å². The van der Waals surface area contributed by atoms with E-state index in [9.17, 15) is 0 Å². The summed E-state index contributed by atoms with van der Waals surface area (Å²) in [5.74, 6) is 0.719. The number of benzene rings is 8. The zero-order valence-corrected chi connectivity index (χ0v) is 25.1. The van der Waals surface area contributed by atoms with E-state index in [2.05, 4.69) is 152 Å². The standard InChI is InChI=1S/C44H28N2/c1-2-13-33(14-3-1)44-45-41(28-42(46-44)38-20-10-16-29-11-4-7-17-35(29)38)31-21-23-32(24-22-31)43-37-19-9-6-15-34(37)27-40-36-18-8-5-12-30(36)25-26-39(40)43/h1-28H. The smallest absolute Gasteiger partial charge is 0.160 e. The molecule has 0 unspecified atom stereocenters. The highest BCUT2D eigenvalue weighted by Gasteiger charge is 2.15. The summed E-state index contributed by atoms with van der Waals surface area (Å²) in [5.41, 5.74) is 7.41. The van der Waals surface area contributed by atoms with Gasteiger partial charge in [0.15, 0.2) is 5.82 Å². The lowest BCUT2D eigenvalue weighted by Crippen LogP contribution is -1.96. The Kier molecular flexibility index (Phi) is 6.17. The van der Waals surface area contributed by atoms with E-state index in [1.807, 2.05) is 18.2 Å². The maximum absolute atomic E-state index is 5.10. The van der Waals surface area contributed by atoms with Crippen LogP contribution >= 0.6 is 0 Å². The van der Waals surface area contributed by atoms with Gasteiger partial charge in [0.25, 0.3) is 0 Å². The fourth-order valence-electron chi connectivity index (χ4n) is 6.84. The Morgan fingerprint density at radius 3 is 1.72 bits per heavy atom. The van der Waals surface area contributed by atoms with Crippen molar-refractivity contribution in [1.82, 2.24) is 9.97 Å². The number of hydrogen-bond donors (Lipinski definition) is 0. The number of nitrogens with zero attached hydrogens (tertiary/aromatic N) is 2. The molecule has 0 saturated carbocycles. The minimum atomic E-state index is 0.719. The third kappa shape index (κ3) is 4.43. The Morgan fingerprint density at radius 1 is 0.304 bits per heavy atom. The van der Waals surface area contributed by atoms with Gasteiger partial charge in [0.2, 0.25) is 0 Å². The zero-order valence-electron chi connectivity index (χ0n) is 25.1. The fourth-order valence-corrected chi connectivity index (χ4v) is 6.84. The van der Waals surface area contributed by atoms with Crippen molar-refractivity contribution in [3.05, 3.63) is 170 Å². The van der Waals surface area contributed by atoms with E-state index >= 15 is 0 Å². The van der Waals surface area contributed by atoms with E-state index < -0.39 is 0 Å². The van der Waals surface area contributed by atoms with Crippen LogP contribution in [0, 0.1) is 0 Å². The average Bonchev–Trinajstić information content (AvgIpc) is 3.14. The van der Waals surface area contributed by atoms with Crippen molar-refractivity contribution in [1.29, 1.82) is 0 Å². The van der Waals surface area contributed by atoms with Gasteiger partial charge in [-0.25, -0.2) is 9.97 Å². The molecule has 0 aliphatic heterocycles. The minimum absolute atomic E-state index is 0.719. The highest BCUT2D eigenvalue weighted by Crippen LogP contribution is 2.40. The Hall–Kier alpha value is -6.12. The summed E-state index contributed by atoms with van der Waals surface area (Å²) >= 11 is 0. The van der Waals surface area contributed by atoms with Gasteiger partial charge >= 0.3 is 0 Å². The summed E-state index contributed by atoms with van der Waals surface area (Å²) in [6.07, 6.45) is 0. The maximum Gasteiger partial charge on any atom is 0.160 e. The van der Waals surface area contributed by atoms with Crippen LogP contribution in [0.2, 0.25) is 0 Å². The Bertz CT molecular complexity index is 2560. The summed E-state index contributed by atoms with van der Waals surface area (Å²) in [4.78, 5) is 10.2. The van der Waals surface area contributed by atoms with Crippen LogP contribution in [0.1, 0.15) is 0 Å². The van der Waals surface area contributed by atoms with Crippen LogP contribution in [-0.2, 0) is 0 Å². The molecule has 2 nitrogen and oxygen atoms in total. The average molecular weight is 585 g/mol. The molecule has 0 spiro atoms. The molecule has 0 bridgehead atoms. The monoisotopic (exact) mass is 584 g/mol. The minimum Gasteiger partial charge on any atom is -0.228 e. The van der Waals surface area contributed by atoms with Crippen LogP contribution < -0.4 is 0 Å². The van der Waals surface area contributed by atoms with Gasteiger partial charge in [-0.05, 0) is 66.3 Å². The molecule has 0 radical (unpaired) electrons. The maximum atomic E-state index is 5.10. The predicted molar refractivity (Wildman–Crippen MR) is 194 cm³/mol. The summed E-state index contributed by atoms with van der Waals surface area (Å²) in [6.45, 7) is 0. The zero-order chi connectivity index (χ0) is 30.5. The molecule has 8 aromatic carbocycles. The van der Waals surface area contributed by atoms with Crippen LogP contribution in [0.5, 0.6) is 0 Å². The van der Waals surface area contributed by atoms with E-state index in [1.165, 1.54) is 54.2 Å². The first-order valence-electron chi connectivity index (χ1n) is 15.7. The molecule has 1 heterocycles. The molecule has 0 aliphatic carbocycles. The molecular formula is C44H28N2. The van der Waals surface area contributed by atoms with Gasteiger partial charge in [0.05, 0.1) is 11.4 Å². The molecule has 1 aromatic heterocycles. The van der Waals surface area contributed by atoms with Crippen molar-refractivity contribution < 1.29 is 0 Å². The van der Waals surface area contributed by atoms with Crippen molar-refractivity contribution in [2.75, 3.05) is 0 Å². The van der Waals surface area contributed by atoms with E-state index in [4.69, 9.17) is 9.97 Å². The number of aromatic nitrogens is 2. The lowest BCUT2D eigenvalue weighted by atomic mass is 9.89. The normalized spacial score (nSPS) is 11.5. The second-order valence-corrected chi connectivity index (χ2v) is 11.8. The molecule has 214 valence electrons. The summed E-state index contributed by atoms with van der Waals surface area (Å²) in [5, 5.41) is 9.94. The molecular weight excluding hydrogens is 556 g/mol. The van der Waals surface area contributed by atoms with Gasteiger partial charge < -0.3 is 0 Å². The Morgan fingerprint density at radius 2 is 0.913 bits per heavy atom. The number of rotatable bonds is 4. The largest absolute Gasteiger partial charge is 0.228 e. The lowest BCUT2D eigenvalue weighted by Gasteiger charge is -2.15. The quantitative estimate of drug-likeness (QED) is 0.152. The van der Waals surface area contributed by atoms with Crippen LogP contribution in [0.15, 0.2) is 170 Å². The van der Waals surface area contributed by atoms with Crippen molar-refractivity contribution in [3.8, 4) is 45.0 Å². The molecule has 46 heavy (non-hydrogen) atoms. The van der Waals surface area contributed by atoms with Gasteiger partial charge in [-0.1, -0.05) is 158 Å². The molecule has 0 amide bonds. The summed E-state index contributed by atoms with van der Waals surface area (Å²) < 4.78 is 0. The summed E-state index contributed by atoms with van der Waals surface area (Å²) in [7, 11) is 0. The van der Waals surface area contributed by atoms with Crippen LogP contribution in [0.4, 0.5) is 0 Å². The topological polar surface area (TPSA) is 25.8 Å². The SMILES string of the molecule is c1ccc(-c2nc(-c3ccc(-c4c5ccccc5cc5c4ccc4ccccc45)cc3)cc(-c3cccc4ccccc34)n2)cc1. The Labute approximate surface area is 267 Å². The van der Waals surface area contributed by atoms with E-state index in [1.54, 1.807) is 0 Å². The van der Waals surface area contributed by atoms with Crippen LogP contribution in [0.3, 0.4) is 0 Å². The predicted octanol–water partition coefficient (Wildman–Crippen LogP) is 11.8. The van der Waals surface area contributed by atoms with Gasteiger partial charge in [0, 0.05) is 16.7 Å². The van der Waals surface area contributed by atoms with Gasteiger partial charge in [0.1, 0.15) is 0 Å². The molecule has 0 fully saturated rings. The molecule has 0 atom stereocenters. The Balaban J connectivity index is 1.23. The fraction of sp³-hybridized carbons (Fsp3) is 0. The van der Waals surface area contributed by atoms with Gasteiger partial charge in [-0.2, -0.15) is 0 Å². The molecule has 0 saturated heterocycles. The number of fused-ring (bicyclic) bond motifs is 5.